The Balaban J connectivity index is 1.37. The summed E-state index contributed by atoms with van der Waals surface area (Å²) in [6.07, 6.45) is 1.73. The zero-order valence-corrected chi connectivity index (χ0v) is 25.4. The van der Waals surface area contributed by atoms with Crippen molar-refractivity contribution in [1.82, 2.24) is 4.90 Å². The first kappa shape index (κ1) is 28.8. The summed E-state index contributed by atoms with van der Waals surface area (Å²) in [7, 11) is -3.48. The maximum absolute atomic E-state index is 16.2. The molecular formula is C32H38FN3O5Si. The van der Waals surface area contributed by atoms with Crippen molar-refractivity contribution in [2.24, 2.45) is 5.92 Å². The molecule has 4 heterocycles. The fraction of sp³-hybridized carbons (Fsp3) is 0.469. The number of benzene rings is 2. The number of ether oxygens (including phenoxy) is 1. The van der Waals surface area contributed by atoms with E-state index in [1.54, 1.807) is 33.9 Å². The van der Waals surface area contributed by atoms with Crippen molar-refractivity contribution < 1.29 is 28.3 Å². The van der Waals surface area contributed by atoms with Gasteiger partial charge in [0.25, 0.3) is 5.91 Å². The van der Waals surface area contributed by atoms with E-state index in [0.717, 1.165) is 11.1 Å². The number of carbonyl (C=O) groups excluding carboxylic acids is 3. The van der Waals surface area contributed by atoms with Crippen LogP contribution in [-0.2, 0) is 37.7 Å². The van der Waals surface area contributed by atoms with Crippen LogP contribution in [0.5, 0.6) is 0 Å². The van der Waals surface area contributed by atoms with E-state index in [1.165, 1.54) is 0 Å². The molecule has 0 bridgehead atoms. The molecule has 42 heavy (non-hydrogen) atoms. The number of rotatable bonds is 7. The summed E-state index contributed by atoms with van der Waals surface area (Å²) >= 11 is 0. The number of carbonyl (C=O) groups is 3. The third-order valence-corrected chi connectivity index (χ3v) is 12.1. The predicted octanol–water partition coefficient (Wildman–Crippen LogP) is 4.07. The van der Waals surface area contributed by atoms with Gasteiger partial charge in [-0.25, -0.2) is 0 Å². The summed E-state index contributed by atoms with van der Waals surface area (Å²) in [6.45, 7) is 9.93. The van der Waals surface area contributed by atoms with E-state index < -0.39 is 31.6 Å². The van der Waals surface area contributed by atoms with Gasteiger partial charge in [-0.3, -0.25) is 14.4 Å². The molecule has 2 saturated heterocycles. The molecular weight excluding hydrogens is 553 g/mol. The summed E-state index contributed by atoms with van der Waals surface area (Å²) in [5, 5.41) is 10.2. The Morgan fingerprint density at radius 1 is 1.21 bits per heavy atom. The fourth-order valence-corrected chi connectivity index (χ4v) is 10.1. The Bertz CT molecular complexity index is 1460. The zero-order chi connectivity index (χ0) is 30.0. The van der Waals surface area contributed by atoms with Gasteiger partial charge in [0.1, 0.15) is 0 Å². The smallest absolute Gasteiger partial charge is 0.264 e. The van der Waals surface area contributed by atoms with E-state index in [1.807, 2.05) is 49.4 Å². The maximum Gasteiger partial charge on any atom is 0.264 e. The van der Waals surface area contributed by atoms with E-state index in [4.69, 9.17) is 4.74 Å². The number of aliphatic hydroxyl groups excluding tert-OH is 1. The molecule has 3 amide bonds. The molecule has 222 valence electrons. The minimum atomic E-state index is -3.48. The normalized spacial score (nSPS) is 28.6. The highest BCUT2D eigenvalue weighted by atomic mass is 28.4. The Morgan fingerprint density at radius 3 is 2.57 bits per heavy atom. The molecule has 6 rings (SSSR count). The van der Waals surface area contributed by atoms with Crippen LogP contribution in [-0.4, -0.2) is 68.0 Å². The van der Waals surface area contributed by atoms with Crippen molar-refractivity contribution in [3.8, 4) is 0 Å². The Hall–Kier alpha value is -3.34. The molecule has 8 nitrogen and oxygen atoms in total. The Kier molecular flexibility index (Phi) is 7.14. The van der Waals surface area contributed by atoms with E-state index in [0.29, 0.717) is 42.9 Å². The molecule has 5 atom stereocenters. The van der Waals surface area contributed by atoms with Crippen LogP contribution in [0, 0.1) is 5.92 Å². The zero-order valence-electron chi connectivity index (χ0n) is 24.4. The van der Waals surface area contributed by atoms with Crippen molar-refractivity contribution in [2.75, 3.05) is 29.5 Å². The number of halogens is 1. The number of fused-ring (bicyclic) bond motifs is 3. The molecule has 2 fully saturated rings. The number of hydrogen-bond donors (Lipinski definition) is 1. The summed E-state index contributed by atoms with van der Waals surface area (Å²) in [5.74, 6) is -1.07. The van der Waals surface area contributed by atoms with E-state index in [2.05, 4.69) is 6.58 Å². The second kappa shape index (κ2) is 10.4. The van der Waals surface area contributed by atoms with Crippen molar-refractivity contribution in [3.63, 3.8) is 0 Å². The van der Waals surface area contributed by atoms with Crippen LogP contribution in [0.15, 0.2) is 55.1 Å². The van der Waals surface area contributed by atoms with Crippen LogP contribution in [0.4, 0.5) is 15.5 Å². The molecule has 0 radical (unpaired) electrons. The second-order valence-corrected chi connectivity index (χ2v) is 16.3. The monoisotopic (exact) mass is 591 g/mol. The molecule has 2 aromatic rings. The van der Waals surface area contributed by atoms with Crippen molar-refractivity contribution >= 4 is 37.5 Å². The van der Waals surface area contributed by atoms with Crippen molar-refractivity contribution in [3.05, 3.63) is 71.8 Å². The lowest BCUT2D eigenvalue weighted by Crippen LogP contribution is -2.48. The van der Waals surface area contributed by atoms with E-state index >= 15 is 4.11 Å². The lowest BCUT2D eigenvalue weighted by Gasteiger charge is -2.37. The number of anilines is 2. The SMILES string of the molecule is C=CCN1C(=O)[C@]2(O[C@H](CC(=O)N3Cc4ccccc4C[C@H]3CO)[C@@H]([Si](C)(C)F)[C@@H]2C)c2cc(N3CCC3=O)ccc21. The lowest BCUT2D eigenvalue weighted by molar-refractivity contribution is -0.150. The van der Waals surface area contributed by atoms with E-state index in [9.17, 15) is 19.5 Å². The van der Waals surface area contributed by atoms with Gasteiger partial charge in [-0.05, 0) is 48.8 Å². The Labute approximate surface area is 246 Å². The van der Waals surface area contributed by atoms with Gasteiger partial charge in [0.15, 0.2) is 5.60 Å². The van der Waals surface area contributed by atoms with Gasteiger partial charge < -0.3 is 28.7 Å². The number of nitrogens with zero attached hydrogens (tertiary/aromatic N) is 3. The third-order valence-electron chi connectivity index (χ3n) is 9.68. The van der Waals surface area contributed by atoms with Crippen LogP contribution in [0.25, 0.3) is 0 Å². The largest absolute Gasteiger partial charge is 0.394 e. The minimum absolute atomic E-state index is 0.0110. The van der Waals surface area contributed by atoms with Crippen LogP contribution < -0.4 is 9.80 Å². The number of β-lactam (4-membered cyclic amide) rings is 1. The molecule has 1 spiro atoms. The average Bonchev–Trinajstić information content (AvgIpc) is 3.37. The highest BCUT2D eigenvalue weighted by molar-refractivity contribution is 6.72. The first-order valence-corrected chi connectivity index (χ1v) is 17.7. The second-order valence-electron chi connectivity index (χ2n) is 12.5. The predicted molar refractivity (Wildman–Crippen MR) is 160 cm³/mol. The minimum Gasteiger partial charge on any atom is -0.394 e. The van der Waals surface area contributed by atoms with Crippen LogP contribution >= 0.6 is 0 Å². The molecule has 0 saturated carbocycles. The number of amides is 3. The summed E-state index contributed by atoms with van der Waals surface area (Å²) < 4.78 is 23.0. The molecule has 4 aliphatic rings. The highest BCUT2D eigenvalue weighted by Gasteiger charge is 2.67. The van der Waals surface area contributed by atoms with Gasteiger partial charge >= 0.3 is 0 Å². The average molecular weight is 592 g/mol. The molecule has 2 aromatic carbocycles. The highest BCUT2D eigenvalue weighted by Crippen LogP contribution is 2.60. The topological polar surface area (TPSA) is 90.4 Å². The van der Waals surface area contributed by atoms with Crippen molar-refractivity contribution in [1.29, 1.82) is 0 Å². The van der Waals surface area contributed by atoms with Crippen LogP contribution in [0.3, 0.4) is 0 Å². The molecule has 0 aliphatic carbocycles. The van der Waals surface area contributed by atoms with Crippen molar-refractivity contribution in [2.45, 2.75) is 69.1 Å². The first-order valence-electron chi connectivity index (χ1n) is 14.7. The molecule has 0 aromatic heterocycles. The van der Waals surface area contributed by atoms with E-state index in [-0.39, 0.29) is 43.3 Å². The number of hydrogen-bond acceptors (Lipinski definition) is 5. The van der Waals surface area contributed by atoms with Gasteiger partial charge in [-0.1, -0.05) is 37.3 Å². The molecule has 0 unspecified atom stereocenters. The van der Waals surface area contributed by atoms with Crippen LogP contribution in [0.1, 0.15) is 36.5 Å². The van der Waals surface area contributed by atoms with Gasteiger partial charge in [0.2, 0.25) is 20.2 Å². The molecule has 1 N–H and O–H groups in total. The fourth-order valence-electron chi connectivity index (χ4n) is 7.63. The Morgan fingerprint density at radius 2 is 1.95 bits per heavy atom. The summed E-state index contributed by atoms with van der Waals surface area (Å²) in [5.41, 5.74) is 1.95. The van der Waals surface area contributed by atoms with Gasteiger partial charge in [0, 0.05) is 48.8 Å². The first-order chi connectivity index (χ1) is 20.0. The standard InChI is InChI=1S/C32H38FN3O5Si/c1-5-13-35-26-11-10-23(34-14-12-28(34)38)16-25(26)32(31(35)40)20(2)30(42(3,4)33)27(41-32)17-29(39)36-18-22-9-7-6-8-21(22)15-24(36)19-37/h5-11,16,20,24,27,30,37H,1,12-15,17-19H2,2-4H3/t20-,24-,27+,30-,32+/m0/s1. The third kappa shape index (κ3) is 4.34. The maximum atomic E-state index is 16.2. The molecule has 4 aliphatic heterocycles. The van der Waals surface area contributed by atoms with Crippen LogP contribution in [0.2, 0.25) is 18.6 Å². The summed E-state index contributed by atoms with van der Waals surface area (Å²) in [4.78, 5) is 45.4. The van der Waals surface area contributed by atoms with Gasteiger partial charge in [-0.2, -0.15) is 0 Å². The number of aliphatic hydroxyl groups is 1. The molecule has 10 heteroatoms. The lowest BCUT2D eigenvalue weighted by atomic mass is 9.82. The van der Waals surface area contributed by atoms with Gasteiger partial charge in [-0.15, -0.1) is 6.58 Å². The quantitative estimate of drug-likeness (QED) is 0.227. The van der Waals surface area contributed by atoms with Gasteiger partial charge in [0.05, 0.1) is 30.9 Å². The summed E-state index contributed by atoms with van der Waals surface area (Å²) in [6, 6.07) is 13.0.